The van der Waals surface area contributed by atoms with E-state index in [1.807, 2.05) is 32.9 Å². The zero-order valence-electron chi connectivity index (χ0n) is 23.2. The molecule has 1 aromatic heterocycles. The number of pyridine rings is 1. The maximum absolute atomic E-state index is 13.9. The average Bonchev–Trinajstić information content (AvgIpc) is 3.54. The lowest BCUT2D eigenvalue weighted by atomic mass is 9.93. The Morgan fingerprint density at radius 1 is 1.10 bits per heavy atom. The predicted octanol–water partition coefficient (Wildman–Crippen LogP) is 3.67. The normalized spacial score (nSPS) is 20.8. The van der Waals surface area contributed by atoms with Crippen LogP contribution in [0.2, 0.25) is 0 Å². The number of rotatable bonds is 5. The number of ether oxygens (including phenoxy) is 3. The van der Waals surface area contributed by atoms with Crippen LogP contribution in [-0.2, 0) is 36.9 Å². The van der Waals surface area contributed by atoms with Crippen molar-refractivity contribution >= 4 is 24.1 Å². The van der Waals surface area contributed by atoms with Gasteiger partial charge in [0, 0.05) is 12.6 Å². The van der Waals surface area contributed by atoms with E-state index in [0.717, 1.165) is 36.1 Å². The molecule has 3 amide bonds. The van der Waals surface area contributed by atoms with Crippen molar-refractivity contribution < 1.29 is 33.4 Å². The number of allylic oxidation sites excluding steroid dienone is 1. The van der Waals surface area contributed by atoms with Crippen LogP contribution < -0.4 is 5.32 Å². The highest BCUT2D eigenvalue weighted by Crippen LogP contribution is 2.30. The minimum Gasteiger partial charge on any atom is -0.467 e. The first kappa shape index (κ1) is 28.4. The maximum Gasteiger partial charge on any atom is 0.411 e. The molecule has 0 unspecified atom stereocenters. The van der Waals surface area contributed by atoms with Crippen molar-refractivity contribution in [2.45, 2.75) is 84.5 Å². The summed E-state index contributed by atoms with van der Waals surface area (Å²) in [4.78, 5) is 59.4. The van der Waals surface area contributed by atoms with E-state index in [0.29, 0.717) is 25.9 Å². The number of carbonyl (C=O) groups is 4. The molecule has 3 heterocycles. The van der Waals surface area contributed by atoms with Gasteiger partial charge in [-0.25, -0.2) is 14.4 Å². The molecule has 1 saturated heterocycles. The number of methoxy groups -OCH3 is 1. The van der Waals surface area contributed by atoms with Crippen molar-refractivity contribution in [3.05, 3.63) is 40.9 Å². The summed E-state index contributed by atoms with van der Waals surface area (Å²) in [5, 5.41) is 2.68. The van der Waals surface area contributed by atoms with Crippen LogP contribution in [0.25, 0.3) is 0 Å². The number of hydrogen-bond acceptors (Lipinski definition) is 8. The monoisotopic (exact) mass is 542 g/mol. The largest absolute Gasteiger partial charge is 0.467 e. The van der Waals surface area contributed by atoms with Gasteiger partial charge in [0.25, 0.3) is 5.91 Å². The number of nitrogens with zero attached hydrogens (tertiary/aromatic N) is 3. The summed E-state index contributed by atoms with van der Waals surface area (Å²) >= 11 is 0. The summed E-state index contributed by atoms with van der Waals surface area (Å²) in [7, 11) is 1.25. The van der Waals surface area contributed by atoms with Crippen LogP contribution in [0.5, 0.6) is 0 Å². The number of aromatic nitrogens is 1. The van der Waals surface area contributed by atoms with Gasteiger partial charge in [0.2, 0.25) is 0 Å². The fourth-order valence-electron chi connectivity index (χ4n) is 5.10. The van der Waals surface area contributed by atoms with Crippen molar-refractivity contribution in [3.63, 3.8) is 0 Å². The number of carbonyl (C=O) groups excluding carboxylic acids is 4. The van der Waals surface area contributed by atoms with E-state index >= 15 is 0 Å². The predicted molar refractivity (Wildman–Crippen MR) is 140 cm³/mol. The first-order chi connectivity index (χ1) is 18.6. The number of alkyl carbamates (subject to hydrolysis) is 1. The van der Waals surface area contributed by atoms with Crippen LogP contribution in [0.4, 0.5) is 9.59 Å². The Balaban J connectivity index is 1.49. The fourth-order valence-corrected chi connectivity index (χ4v) is 5.10. The highest BCUT2D eigenvalue weighted by Gasteiger charge is 2.44. The van der Waals surface area contributed by atoms with Crippen molar-refractivity contribution in [1.29, 1.82) is 0 Å². The summed E-state index contributed by atoms with van der Waals surface area (Å²) in [6, 6.07) is 2.78. The Bertz CT molecular complexity index is 1110. The summed E-state index contributed by atoms with van der Waals surface area (Å²) in [6.45, 7) is 6.72. The summed E-state index contributed by atoms with van der Waals surface area (Å²) in [5.41, 5.74) is 2.49. The Hall–Kier alpha value is -3.63. The van der Waals surface area contributed by atoms with Crippen LogP contribution >= 0.6 is 0 Å². The number of likely N-dealkylation sites (tertiary alicyclic amines) is 1. The van der Waals surface area contributed by atoms with E-state index in [4.69, 9.17) is 14.2 Å². The Morgan fingerprint density at radius 2 is 1.85 bits per heavy atom. The molecule has 39 heavy (non-hydrogen) atoms. The molecule has 0 radical (unpaired) electrons. The molecule has 1 aromatic rings. The van der Waals surface area contributed by atoms with Gasteiger partial charge in [-0.1, -0.05) is 33.3 Å². The van der Waals surface area contributed by atoms with E-state index in [2.05, 4.69) is 10.3 Å². The highest BCUT2D eigenvalue weighted by atomic mass is 16.6. The first-order valence-corrected chi connectivity index (χ1v) is 13.5. The number of esters is 1. The molecule has 1 aliphatic carbocycles. The van der Waals surface area contributed by atoms with Crippen LogP contribution in [0, 0.1) is 5.41 Å². The van der Waals surface area contributed by atoms with E-state index in [-0.39, 0.29) is 30.7 Å². The molecule has 0 spiro atoms. The number of fused-ring (bicyclic) bond motifs is 1. The minimum atomic E-state index is -0.954. The highest BCUT2D eigenvalue weighted by molar-refractivity contribution is 5.99. The van der Waals surface area contributed by atoms with Crippen LogP contribution in [0.1, 0.15) is 70.6 Å². The van der Waals surface area contributed by atoms with Gasteiger partial charge in [-0.05, 0) is 48.3 Å². The van der Waals surface area contributed by atoms with Gasteiger partial charge >= 0.3 is 18.2 Å². The van der Waals surface area contributed by atoms with Gasteiger partial charge in [0.15, 0.2) is 0 Å². The topological polar surface area (TPSA) is 127 Å². The second kappa shape index (κ2) is 12.0. The molecule has 3 aliphatic rings. The summed E-state index contributed by atoms with van der Waals surface area (Å²) in [5.74, 6) is -1.12. The molecule has 2 atom stereocenters. The lowest BCUT2D eigenvalue weighted by Crippen LogP contribution is -2.45. The third kappa shape index (κ3) is 7.07. The fraction of sp³-hybridized carbons (Fsp3) is 0.607. The second-order valence-electron chi connectivity index (χ2n) is 11.5. The Morgan fingerprint density at radius 3 is 2.51 bits per heavy atom. The third-order valence-corrected chi connectivity index (χ3v) is 7.10. The molecular weight excluding hydrogens is 504 g/mol. The molecule has 0 bridgehead atoms. The van der Waals surface area contributed by atoms with E-state index < -0.39 is 36.2 Å². The van der Waals surface area contributed by atoms with Crippen molar-refractivity contribution in [3.8, 4) is 0 Å². The molecule has 1 saturated carbocycles. The van der Waals surface area contributed by atoms with Crippen molar-refractivity contribution in [1.82, 2.24) is 20.1 Å². The van der Waals surface area contributed by atoms with Gasteiger partial charge in [-0.3, -0.25) is 20.0 Å². The second-order valence-corrected chi connectivity index (χ2v) is 11.5. The third-order valence-electron chi connectivity index (χ3n) is 7.10. The minimum absolute atomic E-state index is 0.00111. The molecule has 0 aromatic carbocycles. The SMILES string of the molecule is COC(=O)[C@@H]1C[C@@H](OC(=O)N2Cc3cccnc3C2)CN1C(=O)C(NC(=O)OCC(C)(C)C)=C1CCCCC1. The van der Waals surface area contributed by atoms with Crippen LogP contribution in [-0.4, -0.2) is 71.3 Å². The molecule has 212 valence electrons. The summed E-state index contributed by atoms with van der Waals surface area (Å²) in [6.07, 6.45) is 3.99. The van der Waals surface area contributed by atoms with Gasteiger partial charge in [0.05, 0.1) is 39.0 Å². The quantitative estimate of drug-likeness (QED) is 0.339. The molecule has 1 N–H and O–H groups in total. The van der Waals surface area contributed by atoms with Crippen LogP contribution in [0.15, 0.2) is 29.6 Å². The Kier molecular flexibility index (Phi) is 8.76. The first-order valence-electron chi connectivity index (χ1n) is 13.5. The van der Waals surface area contributed by atoms with Crippen molar-refractivity contribution in [2.75, 3.05) is 20.3 Å². The lowest BCUT2D eigenvalue weighted by Gasteiger charge is -2.27. The Labute approximate surface area is 228 Å². The standard InChI is InChI=1S/C28H38N4O7/c1-28(2,3)17-38-26(35)30-23(18-9-6-5-7-10-18)24(33)32-15-20(13-22(32)25(34)37-4)39-27(36)31-14-19-11-8-12-29-21(19)16-31/h8,11-12,20,22H,5-7,9-10,13-17H2,1-4H3,(H,30,35)/t20-,22+/m1/s1. The molecular formula is C28H38N4O7. The smallest absolute Gasteiger partial charge is 0.411 e. The number of amides is 3. The van der Waals surface area contributed by atoms with Gasteiger partial charge in [-0.2, -0.15) is 0 Å². The van der Waals surface area contributed by atoms with Gasteiger partial charge in [0.1, 0.15) is 17.8 Å². The molecule has 11 nitrogen and oxygen atoms in total. The van der Waals surface area contributed by atoms with Crippen molar-refractivity contribution in [2.24, 2.45) is 5.41 Å². The molecule has 2 aliphatic heterocycles. The maximum atomic E-state index is 13.9. The average molecular weight is 543 g/mol. The number of hydrogen-bond donors (Lipinski definition) is 1. The molecule has 11 heteroatoms. The van der Waals surface area contributed by atoms with Crippen LogP contribution in [0.3, 0.4) is 0 Å². The zero-order valence-corrected chi connectivity index (χ0v) is 23.2. The van der Waals surface area contributed by atoms with E-state index in [9.17, 15) is 19.2 Å². The van der Waals surface area contributed by atoms with E-state index in [1.54, 1.807) is 6.20 Å². The molecule has 2 fully saturated rings. The molecule has 4 rings (SSSR count). The van der Waals surface area contributed by atoms with E-state index in [1.165, 1.54) is 16.9 Å². The lowest BCUT2D eigenvalue weighted by molar-refractivity contribution is -0.149. The summed E-state index contributed by atoms with van der Waals surface area (Å²) < 4.78 is 16.1. The number of nitrogens with one attached hydrogen (secondary N) is 1. The van der Waals surface area contributed by atoms with Gasteiger partial charge in [-0.15, -0.1) is 0 Å². The zero-order chi connectivity index (χ0) is 28.2. The van der Waals surface area contributed by atoms with Gasteiger partial charge < -0.3 is 19.1 Å².